The fourth-order valence-electron chi connectivity index (χ4n) is 3.37. The molecule has 2 atom stereocenters. The van der Waals surface area contributed by atoms with Gasteiger partial charge in [-0.15, -0.1) is 0 Å². The molecule has 1 aliphatic heterocycles. The summed E-state index contributed by atoms with van der Waals surface area (Å²) in [6.07, 6.45) is 9.37. The van der Waals surface area contributed by atoms with E-state index in [1.165, 1.54) is 38.5 Å². The first-order valence-electron chi connectivity index (χ1n) is 6.69. The molecule has 1 saturated heterocycles. The minimum Gasteiger partial charge on any atom is -0.344 e. The van der Waals surface area contributed by atoms with Gasteiger partial charge >= 0.3 is 0 Å². The normalized spacial score (nSPS) is 31.6. The molecule has 1 amide bonds. The Bertz CT molecular complexity index is 226. The van der Waals surface area contributed by atoms with E-state index in [2.05, 4.69) is 5.32 Å². The molecule has 1 N–H and O–H groups in total. The molecule has 0 unspecified atom stereocenters. The molecule has 16 heavy (non-hydrogen) atoms. The molecule has 1 heterocycles. The summed E-state index contributed by atoms with van der Waals surface area (Å²) in [5.74, 6) is 1.60. The van der Waals surface area contributed by atoms with Crippen LogP contribution in [0.5, 0.6) is 0 Å². The van der Waals surface area contributed by atoms with Crippen molar-refractivity contribution in [3.63, 3.8) is 0 Å². The predicted molar refractivity (Wildman–Crippen MR) is 65.2 cm³/mol. The van der Waals surface area contributed by atoms with Gasteiger partial charge in [0.15, 0.2) is 0 Å². The van der Waals surface area contributed by atoms with Crippen LogP contribution < -0.4 is 5.32 Å². The standard InChI is InChI=1S/C13H24N2O/c1-15(10-16)13-9-14-8-12(13)7-11-5-3-2-4-6-11/h10-14H,2-9H2,1H3/t12-,13+/m0/s1. The number of amides is 1. The molecule has 3 heteroatoms. The maximum absolute atomic E-state index is 10.8. The molecule has 92 valence electrons. The number of likely N-dealkylation sites (N-methyl/N-ethyl adjacent to an activating group) is 1. The maximum atomic E-state index is 10.8. The molecule has 0 aromatic carbocycles. The van der Waals surface area contributed by atoms with Crippen molar-refractivity contribution in [3.8, 4) is 0 Å². The van der Waals surface area contributed by atoms with Crippen molar-refractivity contribution < 1.29 is 4.79 Å². The molecule has 0 aromatic heterocycles. The minimum absolute atomic E-state index is 0.430. The van der Waals surface area contributed by atoms with Crippen LogP contribution in [0.15, 0.2) is 0 Å². The van der Waals surface area contributed by atoms with Crippen molar-refractivity contribution in [3.05, 3.63) is 0 Å². The smallest absolute Gasteiger partial charge is 0.209 e. The van der Waals surface area contributed by atoms with Crippen molar-refractivity contribution in [1.82, 2.24) is 10.2 Å². The minimum atomic E-state index is 0.430. The Kier molecular flexibility index (Phi) is 4.22. The van der Waals surface area contributed by atoms with Gasteiger partial charge in [-0.2, -0.15) is 0 Å². The fraction of sp³-hybridized carbons (Fsp3) is 0.923. The van der Waals surface area contributed by atoms with Gasteiger partial charge in [0, 0.05) is 26.2 Å². The summed E-state index contributed by atoms with van der Waals surface area (Å²) in [6, 6.07) is 0.430. The summed E-state index contributed by atoms with van der Waals surface area (Å²) in [4.78, 5) is 12.7. The zero-order chi connectivity index (χ0) is 11.4. The second-order valence-electron chi connectivity index (χ2n) is 5.50. The van der Waals surface area contributed by atoms with Crippen LogP contribution in [0, 0.1) is 11.8 Å². The number of carbonyl (C=O) groups excluding carboxylic acids is 1. The third-order valence-corrected chi connectivity index (χ3v) is 4.35. The molecule has 3 nitrogen and oxygen atoms in total. The van der Waals surface area contributed by atoms with E-state index in [0.717, 1.165) is 25.4 Å². The number of nitrogens with one attached hydrogen (secondary N) is 1. The third-order valence-electron chi connectivity index (χ3n) is 4.35. The highest BCUT2D eigenvalue weighted by Crippen LogP contribution is 2.31. The first kappa shape index (κ1) is 11.9. The highest BCUT2D eigenvalue weighted by molar-refractivity contribution is 5.47. The van der Waals surface area contributed by atoms with Gasteiger partial charge in [0.05, 0.1) is 0 Å². The lowest BCUT2D eigenvalue weighted by Crippen LogP contribution is -2.37. The maximum Gasteiger partial charge on any atom is 0.209 e. The van der Waals surface area contributed by atoms with Gasteiger partial charge in [-0.25, -0.2) is 0 Å². The molecule has 0 radical (unpaired) electrons. The molecule has 0 bridgehead atoms. The zero-order valence-electron chi connectivity index (χ0n) is 10.3. The second-order valence-corrected chi connectivity index (χ2v) is 5.50. The number of hydrogen-bond donors (Lipinski definition) is 1. The van der Waals surface area contributed by atoms with Crippen LogP contribution in [-0.2, 0) is 4.79 Å². The van der Waals surface area contributed by atoms with Crippen molar-refractivity contribution in [2.24, 2.45) is 11.8 Å². The molecule has 1 saturated carbocycles. The highest BCUT2D eigenvalue weighted by Gasteiger charge is 2.31. The summed E-state index contributed by atoms with van der Waals surface area (Å²) in [7, 11) is 1.92. The molecular formula is C13H24N2O. The Balaban J connectivity index is 1.84. The molecular weight excluding hydrogens is 200 g/mol. The third kappa shape index (κ3) is 2.76. The summed E-state index contributed by atoms with van der Waals surface area (Å²) in [5, 5.41) is 3.43. The average molecular weight is 224 g/mol. The Morgan fingerprint density at radius 2 is 2.00 bits per heavy atom. The van der Waals surface area contributed by atoms with Gasteiger partial charge in [-0.05, 0) is 18.3 Å². The van der Waals surface area contributed by atoms with Gasteiger partial charge < -0.3 is 10.2 Å². The molecule has 2 fully saturated rings. The monoisotopic (exact) mass is 224 g/mol. The largest absolute Gasteiger partial charge is 0.344 e. The van der Waals surface area contributed by atoms with Crippen LogP contribution in [0.4, 0.5) is 0 Å². The zero-order valence-corrected chi connectivity index (χ0v) is 10.3. The fourth-order valence-corrected chi connectivity index (χ4v) is 3.37. The highest BCUT2D eigenvalue weighted by atomic mass is 16.1. The van der Waals surface area contributed by atoms with Crippen molar-refractivity contribution in [2.45, 2.75) is 44.6 Å². The van der Waals surface area contributed by atoms with Crippen LogP contribution in [0.3, 0.4) is 0 Å². The van der Waals surface area contributed by atoms with Gasteiger partial charge in [0.25, 0.3) is 0 Å². The van der Waals surface area contributed by atoms with Crippen LogP contribution in [0.25, 0.3) is 0 Å². The molecule has 0 spiro atoms. The van der Waals surface area contributed by atoms with E-state index < -0.39 is 0 Å². The Morgan fingerprint density at radius 3 is 2.69 bits per heavy atom. The van der Waals surface area contributed by atoms with E-state index in [1.807, 2.05) is 11.9 Å². The van der Waals surface area contributed by atoms with Crippen LogP contribution in [0.1, 0.15) is 38.5 Å². The molecule has 2 rings (SSSR count). The van der Waals surface area contributed by atoms with Gasteiger partial charge in [0.1, 0.15) is 0 Å². The van der Waals surface area contributed by atoms with Crippen LogP contribution in [-0.4, -0.2) is 37.5 Å². The Hall–Kier alpha value is -0.570. The summed E-state index contributed by atoms with van der Waals surface area (Å²) < 4.78 is 0. The predicted octanol–water partition coefficient (Wildman–Crippen LogP) is 1.63. The van der Waals surface area contributed by atoms with E-state index in [-0.39, 0.29) is 0 Å². The van der Waals surface area contributed by atoms with Crippen LogP contribution in [0.2, 0.25) is 0 Å². The van der Waals surface area contributed by atoms with Crippen molar-refractivity contribution in [2.75, 3.05) is 20.1 Å². The lowest BCUT2D eigenvalue weighted by molar-refractivity contribution is -0.119. The van der Waals surface area contributed by atoms with Gasteiger partial charge in [-0.3, -0.25) is 4.79 Å². The number of carbonyl (C=O) groups is 1. The van der Waals surface area contributed by atoms with E-state index in [9.17, 15) is 4.79 Å². The first-order chi connectivity index (χ1) is 7.81. The lowest BCUT2D eigenvalue weighted by atomic mass is 9.81. The van der Waals surface area contributed by atoms with Crippen molar-refractivity contribution in [1.29, 1.82) is 0 Å². The number of nitrogens with zero attached hydrogens (tertiary/aromatic N) is 1. The second kappa shape index (κ2) is 5.67. The van der Waals surface area contributed by atoms with Gasteiger partial charge in [-0.1, -0.05) is 32.1 Å². The number of hydrogen-bond acceptors (Lipinski definition) is 2. The first-order valence-corrected chi connectivity index (χ1v) is 6.69. The van der Waals surface area contributed by atoms with Crippen molar-refractivity contribution >= 4 is 6.41 Å². The summed E-state index contributed by atoms with van der Waals surface area (Å²) in [6.45, 7) is 2.08. The lowest BCUT2D eigenvalue weighted by Gasteiger charge is -2.30. The Morgan fingerprint density at radius 1 is 1.25 bits per heavy atom. The average Bonchev–Trinajstić information content (AvgIpc) is 2.77. The van der Waals surface area contributed by atoms with Gasteiger partial charge in [0.2, 0.25) is 6.41 Å². The topological polar surface area (TPSA) is 32.3 Å². The molecule has 2 aliphatic rings. The molecule has 1 aliphatic carbocycles. The summed E-state index contributed by atoms with van der Waals surface area (Å²) >= 11 is 0. The number of rotatable bonds is 4. The Labute approximate surface area is 98.6 Å². The molecule has 0 aromatic rings. The van der Waals surface area contributed by atoms with E-state index >= 15 is 0 Å². The van der Waals surface area contributed by atoms with E-state index in [4.69, 9.17) is 0 Å². The SMILES string of the molecule is CN(C=O)[C@@H]1CNC[C@@H]1CC1CCCCC1. The van der Waals surface area contributed by atoms with E-state index in [0.29, 0.717) is 12.0 Å². The quantitative estimate of drug-likeness (QED) is 0.736. The summed E-state index contributed by atoms with van der Waals surface area (Å²) in [5.41, 5.74) is 0. The van der Waals surface area contributed by atoms with Crippen LogP contribution >= 0.6 is 0 Å². The van der Waals surface area contributed by atoms with E-state index in [1.54, 1.807) is 0 Å².